The van der Waals surface area contributed by atoms with E-state index in [0.29, 0.717) is 5.82 Å². The summed E-state index contributed by atoms with van der Waals surface area (Å²) in [6.45, 7) is 3.76. The summed E-state index contributed by atoms with van der Waals surface area (Å²) in [5.41, 5.74) is 1.84. The Kier molecular flexibility index (Phi) is 4.63. The van der Waals surface area contributed by atoms with E-state index in [9.17, 15) is 14.7 Å². The van der Waals surface area contributed by atoms with Crippen molar-refractivity contribution < 1.29 is 14.7 Å². The van der Waals surface area contributed by atoms with Gasteiger partial charge in [0.2, 0.25) is 5.91 Å². The average Bonchev–Trinajstić information content (AvgIpc) is 2.14. The molecule has 0 spiro atoms. The fourth-order valence-electron chi connectivity index (χ4n) is 1.50. The highest BCUT2D eigenvalue weighted by Crippen LogP contribution is 2.09. The fraction of sp³-hybridized carbons (Fsp3) is 0.417. The molecule has 17 heavy (non-hydrogen) atoms. The molecule has 1 aromatic rings. The van der Waals surface area contributed by atoms with Gasteiger partial charge in [-0.1, -0.05) is 0 Å². The number of anilines is 1. The van der Waals surface area contributed by atoms with Crippen molar-refractivity contribution in [2.75, 3.05) is 5.32 Å². The first kappa shape index (κ1) is 13.2. The van der Waals surface area contributed by atoms with Crippen LogP contribution in [-0.2, 0) is 9.59 Å². The van der Waals surface area contributed by atoms with E-state index in [2.05, 4.69) is 10.3 Å². The average molecular weight is 235 g/mol. The first-order valence-electron chi connectivity index (χ1n) is 5.42. The van der Waals surface area contributed by atoms with Gasteiger partial charge in [0.25, 0.3) is 0 Å². The number of aryl methyl sites for hydroxylation is 2. The number of carbonyl (C=O) groups excluding carboxylic acids is 2. The Labute approximate surface area is 99.9 Å². The molecule has 1 aromatic heterocycles. The number of amides is 1. The van der Waals surface area contributed by atoms with Gasteiger partial charge in [0.15, 0.2) is 0 Å². The number of aliphatic carboxylic acids is 1. The summed E-state index contributed by atoms with van der Waals surface area (Å²) in [5, 5.41) is 12.8. The molecule has 0 saturated heterocycles. The Hall–Kier alpha value is -1.91. The number of nitrogens with one attached hydrogen (secondary N) is 1. The monoisotopic (exact) mass is 235 g/mol. The maximum Gasteiger partial charge on any atom is 0.225 e. The first-order chi connectivity index (χ1) is 7.97. The van der Waals surface area contributed by atoms with Gasteiger partial charge in [-0.05, 0) is 44.4 Å². The number of carboxylic acids is 1. The van der Waals surface area contributed by atoms with Crippen molar-refractivity contribution in [2.24, 2.45) is 0 Å². The number of nitrogens with zero attached hydrogens (tertiary/aromatic N) is 1. The standard InChI is InChI=1S/C12H16N2O3/c1-8-6-9(2)13-10(7-8)14-11(15)4-3-5-12(16)17/h6-7H,3-5H2,1-2H3,(H,16,17)(H,13,14,15)/p-1. The van der Waals surface area contributed by atoms with Crippen LogP contribution in [0.3, 0.4) is 0 Å². The molecule has 0 radical (unpaired) electrons. The van der Waals surface area contributed by atoms with Gasteiger partial charge < -0.3 is 15.2 Å². The van der Waals surface area contributed by atoms with Gasteiger partial charge in [-0.25, -0.2) is 4.98 Å². The summed E-state index contributed by atoms with van der Waals surface area (Å²) >= 11 is 0. The Morgan fingerprint density at radius 2 is 2.00 bits per heavy atom. The number of rotatable bonds is 5. The summed E-state index contributed by atoms with van der Waals surface area (Å²) in [5.74, 6) is -0.868. The third-order valence-corrected chi connectivity index (χ3v) is 2.15. The van der Waals surface area contributed by atoms with Crippen LogP contribution in [0.4, 0.5) is 5.82 Å². The molecule has 0 fully saturated rings. The summed E-state index contributed by atoms with van der Waals surface area (Å²) in [6.07, 6.45) is 0.329. The quantitative estimate of drug-likeness (QED) is 0.808. The largest absolute Gasteiger partial charge is 0.550 e. The molecular formula is C12H15N2O3-. The molecule has 5 nitrogen and oxygen atoms in total. The Bertz CT molecular complexity index is 410. The SMILES string of the molecule is Cc1cc(C)nc(NC(=O)CCCC(=O)[O-])c1. The van der Waals surface area contributed by atoms with Crippen LogP contribution in [0.1, 0.15) is 30.5 Å². The molecule has 1 rings (SSSR count). The van der Waals surface area contributed by atoms with Crippen LogP contribution in [0.5, 0.6) is 0 Å². The van der Waals surface area contributed by atoms with Gasteiger partial charge in [-0.3, -0.25) is 4.79 Å². The molecule has 0 saturated carbocycles. The molecular weight excluding hydrogens is 220 g/mol. The van der Waals surface area contributed by atoms with E-state index >= 15 is 0 Å². The van der Waals surface area contributed by atoms with Crippen LogP contribution in [0.25, 0.3) is 0 Å². The van der Waals surface area contributed by atoms with Crippen molar-refractivity contribution in [1.82, 2.24) is 4.98 Å². The molecule has 5 heteroatoms. The van der Waals surface area contributed by atoms with Gasteiger partial charge >= 0.3 is 0 Å². The van der Waals surface area contributed by atoms with E-state index < -0.39 is 5.97 Å². The third-order valence-electron chi connectivity index (χ3n) is 2.15. The highest BCUT2D eigenvalue weighted by atomic mass is 16.4. The maximum atomic E-state index is 11.5. The second-order valence-corrected chi connectivity index (χ2v) is 3.94. The van der Waals surface area contributed by atoms with E-state index in [4.69, 9.17) is 0 Å². The lowest BCUT2D eigenvalue weighted by atomic mass is 10.2. The zero-order valence-electron chi connectivity index (χ0n) is 9.95. The predicted octanol–water partition coefficient (Wildman–Crippen LogP) is 0.557. The number of carboxylic acid groups (broad SMARTS) is 1. The topological polar surface area (TPSA) is 82.1 Å². The second-order valence-electron chi connectivity index (χ2n) is 3.94. The zero-order chi connectivity index (χ0) is 12.8. The summed E-state index contributed by atoms with van der Waals surface area (Å²) in [4.78, 5) is 25.8. The van der Waals surface area contributed by atoms with Crippen LogP contribution >= 0.6 is 0 Å². The smallest absolute Gasteiger partial charge is 0.225 e. The molecule has 0 aliphatic heterocycles. The van der Waals surface area contributed by atoms with Gasteiger partial charge in [-0.2, -0.15) is 0 Å². The van der Waals surface area contributed by atoms with Crippen LogP contribution in [-0.4, -0.2) is 16.9 Å². The van der Waals surface area contributed by atoms with Gasteiger partial charge in [-0.15, -0.1) is 0 Å². The Balaban J connectivity index is 2.47. The van der Waals surface area contributed by atoms with Crippen LogP contribution < -0.4 is 10.4 Å². The number of pyridine rings is 1. The lowest BCUT2D eigenvalue weighted by Gasteiger charge is -2.06. The highest BCUT2D eigenvalue weighted by molar-refractivity contribution is 5.89. The first-order valence-corrected chi connectivity index (χ1v) is 5.42. The van der Waals surface area contributed by atoms with E-state index in [-0.39, 0.29) is 25.2 Å². The van der Waals surface area contributed by atoms with Gasteiger partial charge in [0.1, 0.15) is 5.82 Å². The van der Waals surface area contributed by atoms with E-state index in [1.165, 1.54) is 0 Å². The third kappa shape index (κ3) is 5.10. The molecule has 0 aromatic carbocycles. The van der Waals surface area contributed by atoms with E-state index in [0.717, 1.165) is 11.3 Å². The molecule has 1 heterocycles. The Morgan fingerprint density at radius 3 is 2.59 bits per heavy atom. The number of aromatic nitrogens is 1. The lowest BCUT2D eigenvalue weighted by Crippen LogP contribution is -2.22. The second kappa shape index (κ2) is 5.98. The van der Waals surface area contributed by atoms with Gasteiger partial charge in [0.05, 0.1) is 0 Å². The molecule has 0 bridgehead atoms. The fourth-order valence-corrected chi connectivity index (χ4v) is 1.50. The molecule has 1 amide bonds. The van der Waals surface area contributed by atoms with Crippen molar-refractivity contribution in [1.29, 1.82) is 0 Å². The van der Waals surface area contributed by atoms with Gasteiger partial charge in [0, 0.05) is 18.1 Å². The predicted molar refractivity (Wildman–Crippen MR) is 61.2 cm³/mol. The molecule has 1 N–H and O–H groups in total. The van der Waals surface area contributed by atoms with Crippen LogP contribution in [0, 0.1) is 13.8 Å². The van der Waals surface area contributed by atoms with E-state index in [1.807, 2.05) is 19.9 Å². The summed E-state index contributed by atoms with van der Waals surface area (Å²) in [6, 6.07) is 3.68. The van der Waals surface area contributed by atoms with Crippen LogP contribution in [0.15, 0.2) is 12.1 Å². The minimum Gasteiger partial charge on any atom is -0.550 e. The highest BCUT2D eigenvalue weighted by Gasteiger charge is 2.04. The minimum atomic E-state index is -1.14. The van der Waals surface area contributed by atoms with Crippen molar-refractivity contribution in [2.45, 2.75) is 33.1 Å². The van der Waals surface area contributed by atoms with Crippen molar-refractivity contribution in [3.05, 3.63) is 23.4 Å². The molecule has 0 aliphatic rings. The van der Waals surface area contributed by atoms with E-state index in [1.54, 1.807) is 6.07 Å². The number of hydrogen-bond donors (Lipinski definition) is 1. The summed E-state index contributed by atoms with van der Waals surface area (Å²) < 4.78 is 0. The zero-order valence-corrected chi connectivity index (χ0v) is 9.95. The minimum absolute atomic E-state index is 0.103. The lowest BCUT2D eigenvalue weighted by molar-refractivity contribution is -0.305. The Morgan fingerprint density at radius 1 is 1.29 bits per heavy atom. The number of hydrogen-bond acceptors (Lipinski definition) is 4. The molecule has 92 valence electrons. The van der Waals surface area contributed by atoms with Crippen molar-refractivity contribution in [3.8, 4) is 0 Å². The molecule has 0 atom stereocenters. The normalized spacial score (nSPS) is 10.0. The molecule has 0 aliphatic carbocycles. The maximum absolute atomic E-state index is 11.5. The molecule has 0 unspecified atom stereocenters. The van der Waals surface area contributed by atoms with Crippen molar-refractivity contribution in [3.63, 3.8) is 0 Å². The summed E-state index contributed by atoms with van der Waals surface area (Å²) in [7, 11) is 0. The van der Waals surface area contributed by atoms with Crippen molar-refractivity contribution >= 4 is 17.7 Å². The van der Waals surface area contributed by atoms with Crippen LogP contribution in [0.2, 0.25) is 0 Å². The number of carbonyl (C=O) groups is 2.